The van der Waals surface area contributed by atoms with Crippen molar-refractivity contribution in [1.29, 1.82) is 0 Å². The topological polar surface area (TPSA) is 0 Å². The van der Waals surface area contributed by atoms with E-state index < -0.39 is 0 Å². The van der Waals surface area contributed by atoms with Crippen LogP contribution in [-0.4, -0.2) is 16.7 Å². The maximum atomic E-state index is 12.4. The molecule has 0 nitrogen and oxygen atoms in total. The highest BCUT2D eigenvalue weighted by Crippen LogP contribution is 2.40. The van der Waals surface area contributed by atoms with E-state index in [1.807, 2.05) is 0 Å². The first-order valence-corrected chi connectivity index (χ1v) is 6.48. The van der Waals surface area contributed by atoms with Gasteiger partial charge in [0.05, 0.1) is 0 Å². The minimum atomic E-state index is -0.217. The molecule has 0 amide bonds. The van der Waals surface area contributed by atoms with Gasteiger partial charge in [0, 0.05) is 10.00 Å². The van der Waals surface area contributed by atoms with E-state index >= 15 is 0 Å². The van der Waals surface area contributed by atoms with Crippen LogP contribution >= 0.6 is 21.6 Å². The fourth-order valence-electron chi connectivity index (χ4n) is 0.521. The molecule has 3 heteroatoms. The molecule has 0 aliphatic carbocycles. The summed E-state index contributed by atoms with van der Waals surface area (Å²) in [6, 6.07) is 0. The zero-order chi connectivity index (χ0) is 9.78. The molecule has 0 bridgehead atoms. The summed E-state index contributed by atoms with van der Waals surface area (Å²) < 4.78 is 12.7. The van der Waals surface area contributed by atoms with Crippen LogP contribution in [-0.2, 0) is 0 Å². The van der Waals surface area contributed by atoms with Gasteiger partial charge in [-0.15, -0.1) is 0 Å². The summed E-state index contributed by atoms with van der Waals surface area (Å²) in [5.74, 6) is 0.426. The van der Waals surface area contributed by atoms with Crippen LogP contribution < -0.4 is 0 Å². The zero-order valence-electron chi connectivity index (χ0n) is 8.56. The largest absolute Gasteiger partial charge is 0.250 e. The van der Waals surface area contributed by atoms with Crippen LogP contribution in [0.25, 0.3) is 0 Å². The minimum Gasteiger partial charge on any atom is -0.250 e. The van der Waals surface area contributed by atoms with Crippen LogP contribution in [0.4, 0.5) is 4.39 Å². The molecule has 12 heavy (non-hydrogen) atoms. The Bertz CT molecular complexity index is 118. The molecule has 0 fully saturated rings. The van der Waals surface area contributed by atoms with Crippen molar-refractivity contribution in [2.75, 3.05) is 6.67 Å². The maximum absolute atomic E-state index is 12.4. The van der Waals surface area contributed by atoms with Gasteiger partial charge < -0.3 is 0 Å². The summed E-state index contributed by atoms with van der Waals surface area (Å²) >= 11 is 0. The van der Waals surface area contributed by atoms with Crippen LogP contribution in [0.1, 0.15) is 34.6 Å². The first-order valence-electron chi connectivity index (χ1n) is 4.27. The molecule has 1 atom stereocenters. The molecule has 74 valence electrons. The fraction of sp³-hybridized carbons (Fsp3) is 1.00. The van der Waals surface area contributed by atoms with Gasteiger partial charge in [-0.2, -0.15) is 0 Å². The SMILES string of the molecule is CC(C)C(CF)SSC(C)(C)C. The molecule has 1 unspecified atom stereocenters. The molecule has 0 aromatic rings. The van der Waals surface area contributed by atoms with Crippen molar-refractivity contribution < 1.29 is 4.39 Å². The summed E-state index contributed by atoms with van der Waals surface area (Å²) in [4.78, 5) is 0. The van der Waals surface area contributed by atoms with Crippen LogP contribution in [0, 0.1) is 5.92 Å². The number of halogens is 1. The lowest BCUT2D eigenvalue weighted by molar-refractivity contribution is 0.433. The third-order valence-corrected chi connectivity index (χ3v) is 5.36. The van der Waals surface area contributed by atoms with E-state index in [1.54, 1.807) is 21.6 Å². The van der Waals surface area contributed by atoms with Gasteiger partial charge >= 0.3 is 0 Å². The second kappa shape index (κ2) is 5.38. The Morgan fingerprint density at radius 3 is 2.00 bits per heavy atom. The third kappa shape index (κ3) is 6.18. The Labute approximate surface area is 83.5 Å². The quantitative estimate of drug-likeness (QED) is 0.639. The molecule has 0 heterocycles. The highest BCUT2D eigenvalue weighted by molar-refractivity contribution is 8.77. The maximum Gasteiger partial charge on any atom is 0.102 e. The van der Waals surface area contributed by atoms with Gasteiger partial charge in [-0.25, -0.2) is 4.39 Å². The van der Waals surface area contributed by atoms with Crippen molar-refractivity contribution in [2.45, 2.75) is 44.6 Å². The lowest BCUT2D eigenvalue weighted by Crippen LogP contribution is -2.14. The Hall–Kier alpha value is 0.630. The van der Waals surface area contributed by atoms with E-state index in [0.29, 0.717) is 5.92 Å². The number of hydrogen-bond donors (Lipinski definition) is 0. The van der Waals surface area contributed by atoms with Crippen molar-refractivity contribution >= 4 is 21.6 Å². The van der Waals surface area contributed by atoms with E-state index in [0.717, 1.165) is 0 Å². The number of alkyl halides is 1. The summed E-state index contributed by atoms with van der Waals surface area (Å²) in [5.41, 5.74) is 0. The van der Waals surface area contributed by atoms with Crippen molar-refractivity contribution in [3.05, 3.63) is 0 Å². The van der Waals surface area contributed by atoms with Crippen LogP contribution in [0.5, 0.6) is 0 Å². The molecule has 0 saturated carbocycles. The van der Waals surface area contributed by atoms with Crippen LogP contribution in [0.3, 0.4) is 0 Å². The molecule has 0 rings (SSSR count). The van der Waals surface area contributed by atoms with Gasteiger partial charge in [-0.3, -0.25) is 0 Å². The lowest BCUT2D eigenvalue weighted by Gasteiger charge is -2.22. The minimum absolute atomic E-state index is 0.147. The van der Waals surface area contributed by atoms with Gasteiger partial charge in [-0.05, 0) is 5.92 Å². The normalized spacial score (nSPS) is 15.2. The van der Waals surface area contributed by atoms with Crippen molar-refractivity contribution in [3.8, 4) is 0 Å². The molecule has 0 radical (unpaired) electrons. The first kappa shape index (κ1) is 12.6. The molecular weight excluding hydrogens is 191 g/mol. The second-order valence-corrected chi connectivity index (χ2v) is 7.50. The van der Waals surface area contributed by atoms with E-state index in [9.17, 15) is 4.39 Å². The van der Waals surface area contributed by atoms with Gasteiger partial charge in [0.1, 0.15) is 6.67 Å². The predicted octanol–water partition coefficient (Wildman–Crippen LogP) is 4.16. The first-order chi connectivity index (χ1) is 5.37. The molecule has 0 saturated heterocycles. The molecule has 0 aliphatic rings. The fourth-order valence-corrected chi connectivity index (χ4v) is 3.26. The Morgan fingerprint density at radius 1 is 1.25 bits per heavy atom. The Kier molecular flexibility index (Phi) is 5.66. The van der Waals surface area contributed by atoms with E-state index in [2.05, 4.69) is 34.6 Å². The number of hydrogen-bond acceptors (Lipinski definition) is 2. The van der Waals surface area contributed by atoms with Crippen LogP contribution in [0.2, 0.25) is 0 Å². The van der Waals surface area contributed by atoms with Crippen molar-refractivity contribution in [1.82, 2.24) is 0 Å². The van der Waals surface area contributed by atoms with Crippen LogP contribution in [0.15, 0.2) is 0 Å². The summed E-state index contributed by atoms with van der Waals surface area (Å²) in [6.07, 6.45) is 0. The highest BCUT2D eigenvalue weighted by atomic mass is 33.1. The molecule has 0 aliphatic heterocycles. The number of rotatable bonds is 4. The monoisotopic (exact) mass is 210 g/mol. The Morgan fingerprint density at radius 2 is 1.75 bits per heavy atom. The van der Waals surface area contributed by atoms with Gasteiger partial charge in [0.25, 0.3) is 0 Å². The molecule has 0 N–H and O–H groups in total. The van der Waals surface area contributed by atoms with E-state index in [4.69, 9.17) is 0 Å². The zero-order valence-corrected chi connectivity index (χ0v) is 10.2. The van der Waals surface area contributed by atoms with E-state index in [1.165, 1.54) is 0 Å². The third-order valence-electron chi connectivity index (χ3n) is 1.32. The van der Waals surface area contributed by atoms with Crippen molar-refractivity contribution in [3.63, 3.8) is 0 Å². The molecule has 0 spiro atoms. The summed E-state index contributed by atoms with van der Waals surface area (Å²) in [5, 5.41) is 0.147. The second-order valence-electron chi connectivity index (χ2n) is 4.23. The summed E-state index contributed by atoms with van der Waals surface area (Å²) in [7, 11) is 3.45. The molecule has 0 aromatic heterocycles. The smallest absolute Gasteiger partial charge is 0.102 e. The Balaban J connectivity index is 3.73. The van der Waals surface area contributed by atoms with Gasteiger partial charge in [0.15, 0.2) is 0 Å². The molecule has 0 aromatic carbocycles. The average Bonchev–Trinajstić information content (AvgIpc) is 1.85. The van der Waals surface area contributed by atoms with Gasteiger partial charge in [0.2, 0.25) is 0 Å². The van der Waals surface area contributed by atoms with E-state index in [-0.39, 0.29) is 16.7 Å². The summed E-state index contributed by atoms with van der Waals surface area (Å²) in [6.45, 7) is 10.4. The highest BCUT2D eigenvalue weighted by Gasteiger charge is 2.18. The average molecular weight is 210 g/mol. The van der Waals surface area contributed by atoms with Gasteiger partial charge in [-0.1, -0.05) is 56.2 Å². The van der Waals surface area contributed by atoms with Crippen molar-refractivity contribution in [2.24, 2.45) is 5.92 Å². The predicted molar refractivity (Wildman–Crippen MR) is 59.5 cm³/mol. The standard InChI is InChI=1S/C9H19FS2/c1-7(2)8(6-10)11-12-9(3,4)5/h7-8H,6H2,1-5H3. The lowest BCUT2D eigenvalue weighted by atomic mass is 10.1. The molecular formula is C9H19FS2.